The second kappa shape index (κ2) is 6.86. The fourth-order valence-corrected chi connectivity index (χ4v) is 2.45. The van der Waals surface area contributed by atoms with Gasteiger partial charge in [0.2, 0.25) is 0 Å². The summed E-state index contributed by atoms with van der Waals surface area (Å²) in [4.78, 5) is 12.7. The number of aliphatic carboxylic acids is 1. The third kappa shape index (κ3) is 4.94. The van der Waals surface area contributed by atoms with Gasteiger partial charge in [-0.3, -0.25) is 9.69 Å². The number of carboxylic acids is 1. The molecule has 1 aliphatic rings. The van der Waals surface area contributed by atoms with Crippen LogP contribution in [0.25, 0.3) is 0 Å². The molecule has 1 aliphatic carbocycles. The number of carboxylic acid groups (broad SMARTS) is 1. The maximum atomic E-state index is 10.6. The zero-order chi connectivity index (χ0) is 12.0. The lowest BCUT2D eigenvalue weighted by molar-refractivity contribution is -0.137. The zero-order valence-corrected chi connectivity index (χ0v) is 10.1. The lowest BCUT2D eigenvalue weighted by atomic mass is 9.94. The summed E-state index contributed by atoms with van der Waals surface area (Å²) >= 11 is 0. The number of aliphatic hydroxyl groups is 1. The molecular formula is C12H23NO3. The third-order valence-corrected chi connectivity index (χ3v) is 3.20. The Morgan fingerprint density at radius 1 is 1.38 bits per heavy atom. The molecule has 0 radical (unpaired) electrons. The minimum Gasteiger partial charge on any atom is -0.481 e. The van der Waals surface area contributed by atoms with Crippen molar-refractivity contribution < 1.29 is 15.0 Å². The van der Waals surface area contributed by atoms with Crippen molar-refractivity contribution in [3.8, 4) is 0 Å². The molecule has 0 aromatic rings. The average molecular weight is 229 g/mol. The van der Waals surface area contributed by atoms with Gasteiger partial charge in [-0.15, -0.1) is 0 Å². The van der Waals surface area contributed by atoms with Gasteiger partial charge in [0.05, 0.1) is 12.5 Å². The van der Waals surface area contributed by atoms with E-state index in [0.717, 1.165) is 12.8 Å². The first-order valence-corrected chi connectivity index (χ1v) is 6.23. The SMILES string of the molecule is CC(O)CN(CCC(=O)O)C1CCCCC1. The van der Waals surface area contributed by atoms with Crippen molar-refractivity contribution in [2.24, 2.45) is 0 Å². The number of carbonyl (C=O) groups is 1. The van der Waals surface area contributed by atoms with Gasteiger partial charge < -0.3 is 10.2 Å². The first kappa shape index (κ1) is 13.5. The van der Waals surface area contributed by atoms with E-state index in [1.165, 1.54) is 19.3 Å². The predicted octanol–water partition coefficient (Wildman–Crippen LogP) is 1.48. The lowest BCUT2D eigenvalue weighted by Crippen LogP contribution is -2.42. The molecule has 0 aromatic heterocycles. The van der Waals surface area contributed by atoms with Crippen molar-refractivity contribution in [2.75, 3.05) is 13.1 Å². The van der Waals surface area contributed by atoms with Crippen LogP contribution in [0.3, 0.4) is 0 Å². The maximum absolute atomic E-state index is 10.6. The normalized spacial score (nSPS) is 19.9. The first-order chi connectivity index (χ1) is 7.59. The molecule has 0 aliphatic heterocycles. The molecule has 0 spiro atoms. The van der Waals surface area contributed by atoms with E-state index in [-0.39, 0.29) is 12.5 Å². The predicted molar refractivity (Wildman–Crippen MR) is 62.4 cm³/mol. The monoisotopic (exact) mass is 229 g/mol. The summed E-state index contributed by atoms with van der Waals surface area (Å²) < 4.78 is 0. The molecule has 1 atom stereocenters. The average Bonchev–Trinajstić information content (AvgIpc) is 2.25. The van der Waals surface area contributed by atoms with E-state index < -0.39 is 5.97 Å². The van der Waals surface area contributed by atoms with Gasteiger partial charge in [-0.25, -0.2) is 0 Å². The van der Waals surface area contributed by atoms with E-state index in [1.807, 2.05) is 0 Å². The Kier molecular flexibility index (Phi) is 5.77. The van der Waals surface area contributed by atoms with Gasteiger partial charge in [0.1, 0.15) is 0 Å². The van der Waals surface area contributed by atoms with Crippen LogP contribution in [-0.4, -0.2) is 46.3 Å². The number of nitrogens with zero attached hydrogens (tertiary/aromatic N) is 1. The zero-order valence-electron chi connectivity index (χ0n) is 10.1. The Bertz CT molecular complexity index is 212. The molecule has 4 nitrogen and oxygen atoms in total. The van der Waals surface area contributed by atoms with Crippen LogP contribution in [0.15, 0.2) is 0 Å². The first-order valence-electron chi connectivity index (χ1n) is 6.23. The Hall–Kier alpha value is -0.610. The summed E-state index contributed by atoms with van der Waals surface area (Å²) in [5.41, 5.74) is 0. The van der Waals surface area contributed by atoms with Gasteiger partial charge in [-0.2, -0.15) is 0 Å². The quantitative estimate of drug-likeness (QED) is 0.724. The molecule has 0 bridgehead atoms. The van der Waals surface area contributed by atoms with Crippen molar-refractivity contribution in [1.82, 2.24) is 4.90 Å². The molecule has 0 saturated heterocycles. The highest BCUT2D eigenvalue weighted by molar-refractivity contribution is 5.66. The van der Waals surface area contributed by atoms with Crippen LogP contribution >= 0.6 is 0 Å². The van der Waals surface area contributed by atoms with E-state index in [1.54, 1.807) is 6.92 Å². The summed E-state index contributed by atoms with van der Waals surface area (Å²) in [5.74, 6) is -0.758. The molecular weight excluding hydrogens is 206 g/mol. The van der Waals surface area contributed by atoms with Gasteiger partial charge in [0.25, 0.3) is 0 Å². The summed E-state index contributed by atoms with van der Waals surface area (Å²) in [6.07, 6.45) is 5.83. The van der Waals surface area contributed by atoms with Gasteiger partial charge in [-0.1, -0.05) is 19.3 Å². The van der Waals surface area contributed by atoms with E-state index in [2.05, 4.69) is 4.90 Å². The molecule has 0 aromatic carbocycles. The summed E-state index contributed by atoms with van der Waals surface area (Å²) in [7, 11) is 0. The summed E-state index contributed by atoms with van der Waals surface area (Å²) in [6.45, 7) is 2.92. The summed E-state index contributed by atoms with van der Waals surface area (Å²) in [6, 6.07) is 0.475. The molecule has 1 rings (SSSR count). The topological polar surface area (TPSA) is 60.8 Å². The molecule has 1 unspecified atom stereocenters. The minimum atomic E-state index is -0.758. The number of hydrogen-bond donors (Lipinski definition) is 2. The highest BCUT2D eigenvalue weighted by Crippen LogP contribution is 2.22. The number of aliphatic hydroxyl groups excluding tert-OH is 1. The van der Waals surface area contributed by atoms with Crippen LogP contribution in [0.5, 0.6) is 0 Å². The van der Waals surface area contributed by atoms with E-state index in [9.17, 15) is 9.90 Å². The van der Waals surface area contributed by atoms with Crippen LogP contribution in [0.1, 0.15) is 45.4 Å². The fourth-order valence-electron chi connectivity index (χ4n) is 2.45. The van der Waals surface area contributed by atoms with E-state index in [4.69, 9.17) is 5.11 Å². The van der Waals surface area contributed by atoms with Crippen LogP contribution < -0.4 is 0 Å². The van der Waals surface area contributed by atoms with E-state index >= 15 is 0 Å². The van der Waals surface area contributed by atoms with Crippen LogP contribution in [0.2, 0.25) is 0 Å². The molecule has 16 heavy (non-hydrogen) atoms. The number of hydrogen-bond acceptors (Lipinski definition) is 3. The Labute approximate surface area is 97.3 Å². The number of rotatable bonds is 6. The lowest BCUT2D eigenvalue weighted by Gasteiger charge is -2.34. The van der Waals surface area contributed by atoms with Crippen molar-refractivity contribution in [1.29, 1.82) is 0 Å². The highest BCUT2D eigenvalue weighted by Gasteiger charge is 2.22. The molecule has 4 heteroatoms. The van der Waals surface area contributed by atoms with E-state index in [0.29, 0.717) is 19.1 Å². The second-order valence-electron chi connectivity index (χ2n) is 4.78. The molecule has 94 valence electrons. The van der Waals surface area contributed by atoms with Crippen LogP contribution in [0.4, 0.5) is 0 Å². The molecule has 0 heterocycles. The van der Waals surface area contributed by atoms with Gasteiger partial charge in [0.15, 0.2) is 0 Å². The smallest absolute Gasteiger partial charge is 0.304 e. The van der Waals surface area contributed by atoms with Crippen molar-refractivity contribution >= 4 is 5.97 Å². The molecule has 0 amide bonds. The minimum absolute atomic E-state index is 0.170. The largest absolute Gasteiger partial charge is 0.481 e. The highest BCUT2D eigenvalue weighted by atomic mass is 16.4. The van der Waals surface area contributed by atoms with Crippen molar-refractivity contribution in [2.45, 2.75) is 57.6 Å². The van der Waals surface area contributed by atoms with Gasteiger partial charge in [-0.05, 0) is 19.8 Å². The van der Waals surface area contributed by atoms with Gasteiger partial charge in [0, 0.05) is 19.1 Å². The molecule has 1 saturated carbocycles. The maximum Gasteiger partial charge on any atom is 0.304 e. The Balaban J connectivity index is 2.43. The Morgan fingerprint density at radius 2 is 2.00 bits per heavy atom. The standard InChI is InChI=1S/C12H23NO3/c1-10(14)9-13(8-7-12(15)16)11-5-3-2-4-6-11/h10-11,14H,2-9H2,1H3,(H,15,16). The van der Waals surface area contributed by atoms with Crippen LogP contribution in [0, 0.1) is 0 Å². The molecule has 1 fully saturated rings. The Morgan fingerprint density at radius 3 is 2.50 bits per heavy atom. The summed E-state index contributed by atoms with van der Waals surface area (Å²) in [5, 5.41) is 18.1. The van der Waals surface area contributed by atoms with Crippen molar-refractivity contribution in [3.05, 3.63) is 0 Å². The molecule has 2 N–H and O–H groups in total. The van der Waals surface area contributed by atoms with Gasteiger partial charge >= 0.3 is 5.97 Å². The third-order valence-electron chi connectivity index (χ3n) is 3.20. The van der Waals surface area contributed by atoms with Crippen LogP contribution in [-0.2, 0) is 4.79 Å². The van der Waals surface area contributed by atoms with Crippen molar-refractivity contribution in [3.63, 3.8) is 0 Å². The second-order valence-corrected chi connectivity index (χ2v) is 4.78. The fraction of sp³-hybridized carbons (Fsp3) is 0.917.